The molecule has 1 aromatic heterocycles. The lowest BCUT2D eigenvalue weighted by Gasteiger charge is -2.19. The van der Waals surface area contributed by atoms with Gasteiger partial charge in [-0.1, -0.05) is 32.9 Å². The molecule has 0 saturated carbocycles. The van der Waals surface area contributed by atoms with Gasteiger partial charge in [0, 0.05) is 12.6 Å². The van der Waals surface area contributed by atoms with Crippen molar-refractivity contribution in [1.29, 1.82) is 0 Å². The fraction of sp³-hybridized carbons (Fsp3) is 0.412. The Labute approximate surface area is 125 Å². The molecule has 0 radical (unpaired) electrons. The normalized spacial score (nSPS) is 11.5. The van der Waals surface area contributed by atoms with Crippen LogP contribution in [-0.2, 0) is 16.6 Å². The molecule has 1 aromatic carbocycles. The van der Waals surface area contributed by atoms with Crippen LogP contribution in [-0.4, -0.2) is 10.9 Å². The number of oxazole rings is 1. The second kappa shape index (κ2) is 5.72. The molecule has 1 N–H and O–H groups in total. The van der Waals surface area contributed by atoms with Gasteiger partial charge >= 0.3 is 0 Å². The van der Waals surface area contributed by atoms with Crippen molar-refractivity contribution in [3.8, 4) is 0 Å². The van der Waals surface area contributed by atoms with E-state index >= 15 is 0 Å². The standard InChI is InChI=1S/C17H22N2O2/c1-11-15(21-12(2)18-11)10-16(20)19-14-8-6-13(7-9-14)17(3,4)5/h6-9H,10H2,1-5H3,(H,19,20). The SMILES string of the molecule is Cc1nc(C)c(CC(=O)Nc2ccc(C(C)(C)C)cc2)o1. The number of anilines is 1. The summed E-state index contributed by atoms with van der Waals surface area (Å²) in [5.74, 6) is 1.11. The van der Waals surface area contributed by atoms with E-state index in [0.29, 0.717) is 11.7 Å². The van der Waals surface area contributed by atoms with Gasteiger partial charge in [-0.3, -0.25) is 4.79 Å². The molecule has 0 saturated heterocycles. The Hall–Kier alpha value is -2.10. The lowest BCUT2D eigenvalue weighted by Crippen LogP contribution is -2.15. The first-order valence-corrected chi connectivity index (χ1v) is 7.09. The van der Waals surface area contributed by atoms with E-state index in [1.165, 1.54) is 5.56 Å². The van der Waals surface area contributed by atoms with Crippen molar-refractivity contribution in [2.75, 3.05) is 5.32 Å². The number of nitrogens with zero attached hydrogens (tertiary/aromatic N) is 1. The smallest absolute Gasteiger partial charge is 0.232 e. The summed E-state index contributed by atoms with van der Waals surface area (Å²) < 4.78 is 5.41. The molecule has 0 fully saturated rings. The Kier molecular flexibility index (Phi) is 4.16. The van der Waals surface area contributed by atoms with Gasteiger partial charge in [0.2, 0.25) is 5.91 Å². The molecular formula is C17H22N2O2. The van der Waals surface area contributed by atoms with Crippen LogP contribution in [0.3, 0.4) is 0 Å². The van der Waals surface area contributed by atoms with E-state index in [2.05, 4.69) is 31.1 Å². The Balaban J connectivity index is 2.01. The first-order valence-electron chi connectivity index (χ1n) is 7.09. The van der Waals surface area contributed by atoms with Gasteiger partial charge in [0.25, 0.3) is 0 Å². The topological polar surface area (TPSA) is 55.1 Å². The highest BCUT2D eigenvalue weighted by Crippen LogP contribution is 2.23. The molecule has 4 nitrogen and oxygen atoms in total. The fourth-order valence-electron chi connectivity index (χ4n) is 2.14. The number of amides is 1. The zero-order valence-electron chi connectivity index (χ0n) is 13.3. The number of aryl methyl sites for hydroxylation is 2. The van der Waals surface area contributed by atoms with Gasteiger partial charge in [-0.15, -0.1) is 0 Å². The predicted octanol–water partition coefficient (Wildman–Crippen LogP) is 3.77. The lowest BCUT2D eigenvalue weighted by molar-refractivity contribution is -0.115. The average molecular weight is 286 g/mol. The molecular weight excluding hydrogens is 264 g/mol. The number of hydrogen-bond donors (Lipinski definition) is 1. The van der Waals surface area contributed by atoms with Crippen LogP contribution in [0.2, 0.25) is 0 Å². The highest BCUT2D eigenvalue weighted by Gasteiger charge is 2.14. The summed E-state index contributed by atoms with van der Waals surface area (Å²) in [5, 5.41) is 2.88. The Morgan fingerprint density at radius 2 is 1.81 bits per heavy atom. The highest BCUT2D eigenvalue weighted by molar-refractivity contribution is 5.92. The molecule has 0 bridgehead atoms. The van der Waals surface area contributed by atoms with Crippen molar-refractivity contribution in [2.45, 2.75) is 46.5 Å². The van der Waals surface area contributed by atoms with Crippen LogP contribution in [0.25, 0.3) is 0 Å². The van der Waals surface area contributed by atoms with Gasteiger partial charge in [-0.25, -0.2) is 4.98 Å². The number of carbonyl (C=O) groups is 1. The van der Waals surface area contributed by atoms with Crippen molar-refractivity contribution in [1.82, 2.24) is 4.98 Å². The number of aromatic nitrogens is 1. The minimum atomic E-state index is -0.0993. The van der Waals surface area contributed by atoms with Gasteiger partial charge in [0.1, 0.15) is 5.76 Å². The molecule has 0 aliphatic carbocycles. The third-order valence-electron chi connectivity index (χ3n) is 3.36. The van der Waals surface area contributed by atoms with Crippen LogP contribution >= 0.6 is 0 Å². The van der Waals surface area contributed by atoms with E-state index in [0.717, 1.165) is 11.4 Å². The molecule has 2 rings (SSSR count). The number of rotatable bonds is 3. The average Bonchev–Trinajstić information content (AvgIpc) is 2.67. The zero-order valence-corrected chi connectivity index (χ0v) is 13.3. The van der Waals surface area contributed by atoms with Crippen LogP contribution < -0.4 is 5.32 Å². The molecule has 1 heterocycles. The summed E-state index contributed by atoms with van der Waals surface area (Å²) in [6.45, 7) is 10.1. The van der Waals surface area contributed by atoms with Crippen molar-refractivity contribution >= 4 is 11.6 Å². The van der Waals surface area contributed by atoms with Crippen molar-refractivity contribution < 1.29 is 9.21 Å². The van der Waals surface area contributed by atoms with Crippen LogP contribution in [0.1, 0.15) is 43.7 Å². The fourth-order valence-corrected chi connectivity index (χ4v) is 2.14. The van der Waals surface area contributed by atoms with E-state index in [4.69, 9.17) is 4.42 Å². The molecule has 4 heteroatoms. The maximum absolute atomic E-state index is 12.0. The molecule has 1 amide bonds. The minimum Gasteiger partial charge on any atom is -0.445 e. The van der Waals surface area contributed by atoms with Crippen LogP contribution in [0.4, 0.5) is 5.69 Å². The van der Waals surface area contributed by atoms with E-state index in [1.807, 2.05) is 31.2 Å². The summed E-state index contributed by atoms with van der Waals surface area (Å²) in [5.41, 5.74) is 2.91. The predicted molar refractivity (Wildman–Crippen MR) is 83.5 cm³/mol. The minimum absolute atomic E-state index is 0.0993. The van der Waals surface area contributed by atoms with E-state index in [9.17, 15) is 4.79 Å². The van der Waals surface area contributed by atoms with Crippen molar-refractivity contribution in [3.05, 3.63) is 47.2 Å². The molecule has 0 unspecified atom stereocenters. The van der Waals surface area contributed by atoms with Gasteiger partial charge in [0.05, 0.1) is 12.1 Å². The van der Waals surface area contributed by atoms with Gasteiger partial charge in [0.15, 0.2) is 5.89 Å². The van der Waals surface area contributed by atoms with E-state index < -0.39 is 0 Å². The number of hydrogen-bond acceptors (Lipinski definition) is 3. The van der Waals surface area contributed by atoms with Crippen molar-refractivity contribution in [2.24, 2.45) is 0 Å². The Morgan fingerprint density at radius 3 is 2.29 bits per heavy atom. The first kappa shape index (κ1) is 15.3. The van der Waals surface area contributed by atoms with Gasteiger partial charge in [-0.05, 0) is 30.0 Å². The van der Waals surface area contributed by atoms with Gasteiger partial charge < -0.3 is 9.73 Å². The van der Waals surface area contributed by atoms with E-state index in [-0.39, 0.29) is 17.7 Å². The quantitative estimate of drug-likeness (QED) is 0.934. The molecule has 0 aliphatic rings. The Morgan fingerprint density at radius 1 is 1.19 bits per heavy atom. The third kappa shape index (κ3) is 3.94. The molecule has 0 aliphatic heterocycles. The van der Waals surface area contributed by atoms with Crippen molar-refractivity contribution in [3.63, 3.8) is 0 Å². The van der Waals surface area contributed by atoms with Crippen LogP contribution in [0.15, 0.2) is 28.7 Å². The monoisotopic (exact) mass is 286 g/mol. The zero-order chi connectivity index (χ0) is 15.6. The summed E-state index contributed by atoms with van der Waals surface area (Å²) in [6, 6.07) is 7.94. The summed E-state index contributed by atoms with van der Waals surface area (Å²) in [4.78, 5) is 16.2. The largest absolute Gasteiger partial charge is 0.445 e. The maximum Gasteiger partial charge on any atom is 0.232 e. The maximum atomic E-state index is 12.0. The molecule has 21 heavy (non-hydrogen) atoms. The molecule has 112 valence electrons. The molecule has 0 atom stereocenters. The first-order chi connectivity index (χ1) is 9.75. The van der Waals surface area contributed by atoms with Gasteiger partial charge in [-0.2, -0.15) is 0 Å². The molecule has 2 aromatic rings. The number of nitrogens with one attached hydrogen (secondary N) is 1. The van der Waals surface area contributed by atoms with Crippen LogP contribution in [0, 0.1) is 13.8 Å². The Bertz CT molecular complexity index is 634. The third-order valence-corrected chi connectivity index (χ3v) is 3.36. The summed E-state index contributed by atoms with van der Waals surface area (Å²) >= 11 is 0. The molecule has 0 spiro atoms. The van der Waals surface area contributed by atoms with Crippen LogP contribution in [0.5, 0.6) is 0 Å². The lowest BCUT2D eigenvalue weighted by atomic mass is 9.87. The summed E-state index contributed by atoms with van der Waals surface area (Å²) in [6.07, 6.45) is 0.202. The second-order valence-corrected chi connectivity index (χ2v) is 6.29. The summed E-state index contributed by atoms with van der Waals surface area (Å²) in [7, 11) is 0. The number of carbonyl (C=O) groups excluding carboxylic acids is 1. The van der Waals surface area contributed by atoms with E-state index in [1.54, 1.807) is 6.92 Å². The number of benzene rings is 1. The second-order valence-electron chi connectivity index (χ2n) is 6.29. The highest BCUT2D eigenvalue weighted by atomic mass is 16.4.